The molecule has 0 aliphatic heterocycles. The fraction of sp³-hybridized carbons (Fsp3) is 0.143. The number of hydrazine groups is 1. The van der Waals surface area contributed by atoms with Crippen LogP contribution in [0.2, 0.25) is 0 Å². The number of rotatable bonds is 5. The molecular weight excluding hydrogens is 320 g/mol. The number of thiophene rings is 1. The Labute approximate surface area is 134 Å². The summed E-state index contributed by atoms with van der Waals surface area (Å²) in [6.07, 6.45) is 1.75. The number of aryl methyl sites for hydroxylation is 1. The van der Waals surface area contributed by atoms with Gasteiger partial charge in [-0.15, -0.1) is 0 Å². The van der Waals surface area contributed by atoms with Crippen LogP contribution in [-0.2, 0) is 11.2 Å². The molecule has 3 rings (SSSR count). The molecule has 0 saturated heterocycles. The molecule has 8 nitrogen and oxygen atoms in total. The number of amides is 2. The topological polar surface area (TPSA) is 110 Å². The van der Waals surface area contributed by atoms with E-state index in [1.165, 1.54) is 23.7 Å². The van der Waals surface area contributed by atoms with Crippen LogP contribution in [0, 0.1) is 0 Å². The first-order valence-electron chi connectivity index (χ1n) is 6.70. The first-order valence-corrected chi connectivity index (χ1v) is 7.64. The Morgan fingerprint density at radius 3 is 2.91 bits per heavy atom. The van der Waals surface area contributed by atoms with Crippen molar-refractivity contribution in [3.8, 4) is 11.4 Å². The van der Waals surface area contributed by atoms with Crippen LogP contribution in [0.3, 0.4) is 0 Å². The van der Waals surface area contributed by atoms with Gasteiger partial charge in [-0.1, -0.05) is 5.16 Å². The smallest absolute Gasteiger partial charge is 0.305 e. The predicted octanol–water partition coefficient (Wildman–Crippen LogP) is 1.78. The lowest BCUT2D eigenvalue weighted by molar-refractivity contribution is -0.121. The molecule has 0 atom stereocenters. The lowest BCUT2D eigenvalue weighted by Gasteiger charge is -2.04. The van der Waals surface area contributed by atoms with Crippen molar-refractivity contribution in [1.29, 1.82) is 0 Å². The lowest BCUT2D eigenvalue weighted by Crippen LogP contribution is -2.41. The summed E-state index contributed by atoms with van der Waals surface area (Å²) >= 11 is 1.54. The number of furan rings is 1. The molecule has 0 aliphatic rings. The van der Waals surface area contributed by atoms with Gasteiger partial charge in [0.15, 0.2) is 5.76 Å². The SMILES string of the molecule is O=C(CCc1nc(-c2ccsc2)no1)NNC(=O)c1ccco1. The van der Waals surface area contributed by atoms with Gasteiger partial charge in [-0.25, -0.2) is 0 Å². The third-order valence-corrected chi connectivity index (χ3v) is 3.56. The zero-order chi connectivity index (χ0) is 16.1. The molecule has 0 fully saturated rings. The molecule has 0 bridgehead atoms. The van der Waals surface area contributed by atoms with Gasteiger partial charge in [-0.2, -0.15) is 16.3 Å². The second-order valence-corrected chi connectivity index (χ2v) is 5.28. The van der Waals surface area contributed by atoms with Crippen LogP contribution >= 0.6 is 11.3 Å². The monoisotopic (exact) mass is 332 g/mol. The van der Waals surface area contributed by atoms with Gasteiger partial charge in [0.2, 0.25) is 17.6 Å². The van der Waals surface area contributed by atoms with Crippen molar-refractivity contribution in [2.24, 2.45) is 0 Å². The highest BCUT2D eigenvalue weighted by Gasteiger charge is 2.12. The Kier molecular flexibility index (Phi) is 4.48. The Bertz CT molecular complexity index is 780. The summed E-state index contributed by atoms with van der Waals surface area (Å²) in [6, 6.07) is 4.96. The average Bonchev–Trinajstić information content (AvgIpc) is 3.32. The maximum absolute atomic E-state index is 11.7. The number of nitrogens with zero attached hydrogens (tertiary/aromatic N) is 2. The van der Waals surface area contributed by atoms with Crippen LogP contribution in [0.15, 0.2) is 44.2 Å². The summed E-state index contributed by atoms with van der Waals surface area (Å²) in [5.41, 5.74) is 5.41. The van der Waals surface area contributed by atoms with Gasteiger partial charge in [-0.3, -0.25) is 20.4 Å². The van der Waals surface area contributed by atoms with Crippen LogP contribution in [0.5, 0.6) is 0 Å². The van der Waals surface area contributed by atoms with Crippen molar-refractivity contribution in [2.75, 3.05) is 0 Å². The van der Waals surface area contributed by atoms with Gasteiger partial charge in [0, 0.05) is 23.8 Å². The average molecular weight is 332 g/mol. The summed E-state index contributed by atoms with van der Waals surface area (Å²) < 4.78 is 9.98. The second kappa shape index (κ2) is 6.88. The van der Waals surface area contributed by atoms with E-state index in [1.54, 1.807) is 6.07 Å². The largest absolute Gasteiger partial charge is 0.459 e. The van der Waals surface area contributed by atoms with E-state index in [4.69, 9.17) is 8.94 Å². The number of hydrogen-bond acceptors (Lipinski definition) is 7. The zero-order valence-electron chi connectivity index (χ0n) is 11.8. The van der Waals surface area contributed by atoms with E-state index in [9.17, 15) is 9.59 Å². The Morgan fingerprint density at radius 1 is 1.26 bits per heavy atom. The standard InChI is InChI=1S/C14H12N4O4S/c19-11(16-17-14(20)10-2-1-6-21-10)3-4-12-15-13(18-22-12)9-5-7-23-8-9/h1-2,5-8H,3-4H2,(H,16,19)(H,17,20). The van der Waals surface area contributed by atoms with Gasteiger partial charge in [0.05, 0.1) is 6.26 Å². The molecule has 0 aromatic carbocycles. The Morgan fingerprint density at radius 2 is 2.17 bits per heavy atom. The summed E-state index contributed by atoms with van der Waals surface area (Å²) in [4.78, 5) is 27.4. The molecule has 3 aromatic rings. The highest BCUT2D eigenvalue weighted by molar-refractivity contribution is 7.08. The number of hydrogen-bond donors (Lipinski definition) is 2. The third kappa shape index (κ3) is 3.83. The van der Waals surface area contributed by atoms with Gasteiger partial charge >= 0.3 is 5.91 Å². The van der Waals surface area contributed by atoms with Gasteiger partial charge in [0.1, 0.15) is 0 Å². The maximum atomic E-state index is 11.7. The van der Waals surface area contributed by atoms with Crippen molar-refractivity contribution < 1.29 is 18.5 Å². The van der Waals surface area contributed by atoms with Crippen LogP contribution in [0.4, 0.5) is 0 Å². The minimum Gasteiger partial charge on any atom is -0.459 e. The minimum atomic E-state index is -0.527. The molecule has 0 spiro atoms. The maximum Gasteiger partial charge on any atom is 0.305 e. The second-order valence-electron chi connectivity index (χ2n) is 4.50. The van der Waals surface area contributed by atoms with E-state index in [2.05, 4.69) is 21.0 Å². The summed E-state index contributed by atoms with van der Waals surface area (Å²) in [6.45, 7) is 0. The normalized spacial score (nSPS) is 10.4. The van der Waals surface area contributed by atoms with E-state index in [1.807, 2.05) is 16.8 Å². The number of carbonyl (C=O) groups is 2. The van der Waals surface area contributed by atoms with Gasteiger partial charge < -0.3 is 8.94 Å². The van der Waals surface area contributed by atoms with Crippen molar-refractivity contribution in [3.63, 3.8) is 0 Å². The van der Waals surface area contributed by atoms with Gasteiger partial charge in [-0.05, 0) is 23.6 Å². The zero-order valence-corrected chi connectivity index (χ0v) is 12.6. The highest BCUT2D eigenvalue weighted by atomic mass is 32.1. The number of carbonyl (C=O) groups excluding carboxylic acids is 2. The molecular formula is C14H12N4O4S. The minimum absolute atomic E-state index is 0.101. The van der Waals surface area contributed by atoms with Crippen molar-refractivity contribution in [1.82, 2.24) is 21.0 Å². The summed E-state index contributed by atoms with van der Waals surface area (Å²) in [7, 11) is 0. The summed E-state index contributed by atoms with van der Waals surface area (Å²) in [5, 5.41) is 7.68. The van der Waals surface area contributed by atoms with Crippen molar-refractivity contribution in [2.45, 2.75) is 12.8 Å². The van der Waals surface area contributed by atoms with Crippen LogP contribution in [-0.4, -0.2) is 22.0 Å². The Hall–Kier alpha value is -2.94. The molecule has 0 radical (unpaired) electrons. The third-order valence-electron chi connectivity index (χ3n) is 2.87. The fourth-order valence-corrected chi connectivity index (χ4v) is 2.38. The molecule has 9 heteroatoms. The number of aromatic nitrogens is 2. The quantitative estimate of drug-likeness (QED) is 0.689. The predicted molar refractivity (Wildman–Crippen MR) is 80.2 cm³/mol. The van der Waals surface area contributed by atoms with E-state index in [0.29, 0.717) is 11.7 Å². The van der Waals surface area contributed by atoms with Crippen molar-refractivity contribution in [3.05, 3.63) is 46.9 Å². The Balaban J connectivity index is 1.45. The fourth-order valence-electron chi connectivity index (χ4n) is 1.74. The molecule has 0 saturated carbocycles. The van der Waals surface area contributed by atoms with E-state index in [-0.39, 0.29) is 24.5 Å². The van der Waals surface area contributed by atoms with Crippen LogP contribution in [0.25, 0.3) is 11.4 Å². The van der Waals surface area contributed by atoms with E-state index >= 15 is 0 Å². The van der Waals surface area contributed by atoms with Crippen molar-refractivity contribution >= 4 is 23.2 Å². The molecule has 0 aliphatic carbocycles. The molecule has 3 aromatic heterocycles. The molecule has 23 heavy (non-hydrogen) atoms. The van der Waals surface area contributed by atoms with Crippen LogP contribution < -0.4 is 10.9 Å². The molecule has 118 valence electrons. The van der Waals surface area contributed by atoms with E-state index < -0.39 is 5.91 Å². The van der Waals surface area contributed by atoms with E-state index in [0.717, 1.165) is 5.56 Å². The van der Waals surface area contributed by atoms with Crippen LogP contribution in [0.1, 0.15) is 22.9 Å². The lowest BCUT2D eigenvalue weighted by atomic mass is 10.3. The highest BCUT2D eigenvalue weighted by Crippen LogP contribution is 2.18. The first-order chi connectivity index (χ1) is 11.2. The number of nitrogens with one attached hydrogen (secondary N) is 2. The molecule has 2 N–H and O–H groups in total. The summed E-state index contributed by atoms with van der Waals surface area (Å²) in [5.74, 6) is 0.0650. The molecule has 2 amide bonds. The van der Waals surface area contributed by atoms with Gasteiger partial charge in [0.25, 0.3) is 0 Å². The molecule has 3 heterocycles. The first kappa shape index (κ1) is 15.0. The molecule has 0 unspecified atom stereocenters.